The monoisotopic (exact) mass is 662 g/mol. The van der Waals surface area contributed by atoms with Gasteiger partial charge in [0.05, 0.1) is 5.41 Å². The third-order valence-electron chi connectivity index (χ3n) is 12.1. The van der Waals surface area contributed by atoms with Crippen molar-refractivity contribution in [2.45, 2.75) is 17.8 Å². The molecule has 11 rings (SSSR count). The van der Waals surface area contributed by atoms with Crippen molar-refractivity contribution >= 4 is 0 Å². The summed E-state index contributed by atoms with van der Waals surface area (Å²) < 4.78 is 6.76. The highest BCUT2D eigenvalue weighted by Gasteiger charge is 2.51. The molecule has 1 unspecified atom stereocenters. The molecule has 0 fully saturated rings. The molecule has 0 radical (unpaired) electrons. The highest BCUT2D eigenvalue weighted by molar-refractivity contribution is 5.98. The molecule has 0 aromatic heterocycles. The molecule has 0 saturated carbocycles. The van der Waals surface area contributed by atoms with Crippen LogP contribution in [0.3, 0.4) is 0 Å². The Hall–Kier alpha value is -6.44. The maximum Gasteiger partial charge on any atom is 0.132 e. The van der Waals surface area contributed by atoms with Crippen LogP contribution in [-0.2, 0) is 10.8 Å². The molecule has 0 N–H and O–H groups in total. The van der Waals surface area contributed by atoms with Crippen LogP contribution in [0.5, 0.6) is 11.5 Å². The summed E-state index contributed by atoms with van der Waals surface area (Å²) >= 11 is 0. The second-order valence-electron chi connectivity index (χ2n) is 14.5. The van der Waals surface area contributed by atoms with E-state index >= 15 is 0 Å². The predicted molar refractivity (Wildman–Crippen MR) is 212 cm³/mol. The number of ether oxygens (including phenoxy) is 1. The SMILES string of the molecule is CC1(c2ccccc2)c2ccccc2-c2c(-c3ccccc3-c3ccc4c(c3)C3(c5ccccc5O4)c4ccccc4-c4ccccc43)cccc21. The normalized spacial score (nSPS) is 16.6. The lowest BCUT2D eigenvalue weighted by Crippen LogP contribution is -2.32. The molecule has 244 valence electrons. The summed E-state index contributed by atoms with van der Waals surface area (Å²) in [5, 5.41) is 0. The molecule has 52 heavy (non-hydrogen) atoms. The van der Waals surface area contributed by atoms with Gasteiger partial charge in [0.25, 0.3) is 0 Å². The van der Waals surface area contributed by atoms with Gasteiger partial charge in [0, 0.05) is 16.5 Å². The Labute approximate surface area is 304 Å². The van der Waals surface area contributed by atoms with E-state index in [4.69, 9.17) is 4.74 Å². The van der Waals surface area contributed by atoms with Crippen molar-refractivity contribution in [3.63, 3.8) is 0 Å². The van der Waals surface area contributed by atoms with E-state index in [2.05, 4.69) is 195 Å². The molecule has 1 nitrogen and oxygen atoms in total. The van der Waals surface area contributed by atoms with Gasteiger partial charge >= 0.3 is 0 Å². The van der Waals surface area contributed by atoms with Gasteiger partial charge in [-0.15, -0.1) is 0 Å². The van der Waals surface area contributed by atoms with Gasteiger partial charge in [0.1, 0.15) is 11.5 Å². The maximum atomic E-state index is 6.76. The van der Waals surface area contributed by atoms with E-state index in [1.165, 1.54) is 83.5 Å². The van der Waals surface area contributed by atoms with E-state index in [1.807, 2.05) is 0 Å². The first-order valence-corrected chi connectivity index (χ1v) is 18.2. The summed E-state index contributed by atoms with van der Waals surface area (Å²) in [6, 6.07) is 69.1. The van der Waals surface area contributed by atoms with Crippen molar-refractivity contribution in [2.75, 3.05) is 0 Å². The fourth-order valence-corrected chi connectivity index (χ4v) is 9.84. The van der Waals surface area contributed by atoms with Crippen LogP contribution >= 0.6 is 0 Å². The Morgan fingerprint density at radius 1 is 0.346 bits per heavy atom. The van der Waals surface area contributed by atoms with Gasteiger partial charge in [-0.2, -0.15) is 0 Å². The van der Waals surface area contributed by atoms with E-state index < -0.39 is 5.41 Å². The van der Waals surface area contributed by atoms with Gasteiger partial charge in [0.2, 0.25) is 0 Å². The zero-order valence-corrected chi connectivity index (χ0v) is 28.8. The number of rotatable bonds is 3. The van der Waals surface area contributed by atoms with Crippen molar-refractivity contribution in [1.29, 1.82) is 0 Å². The fourth-order valence-electron chi connectivity index (χ4n) is 9.84. The topological polar surface area (TPSA) is 9.23 Å². The molecule has 0 amide bonds. The standard InChI is InChI=1S/C51H34O/c1-50(34-16-3-2-4-17-34)41-24-10-9-22-40(41)49-39(23-15-28-45(49)50)36-19-6-5-18-35(36)33-30-31-48-46(32-33)51(44-27-13-14-29-47(44)52-48)42-25-11-7-20-37(42)38-21-8-12-26-43(38)51/h2-32H,1H3. The zero-order chi connectivity index (χ0) is 34.4. The third kappa shape index (κ3) is 3.72. The molecule has 1 heterocycles. The van der Waals surface area contributed by atoms with Crippen molar-refractivity contribution in [3.8, 4) is 56.0 Å². The van der Waals surface area contributed by atoms with Crippen LogP contribution in [0, 0.1) is 0 Å². The molecule has 8 aromatic rings. The first kappa shape index (κ1) is 29.3. The van der Waals surface area contributed by atoms with Crippen molar-refractivity contribution in [3.05, 3.63) is 227 Å². The lowest BCUT2D eigenvalue weighted by Gasteiger charge is -2.39. The number of hydrogen-bond donors (Lipinski definition) is 0. The number of hydrogen-bond acceptors (Lipinski definition) is 1. The molecule has 0 saturated heterocycles. The molecule has 0 bridgehead atoms. The predicted octanol–water partition coefficient (Wildman–Crippen LogP) is 12.8. The molecule has 1 spiro atoms. The smallest absolute Gasteiger partial charge is 0.132 e. The van der Waals surface area contributed by atoms with Crippen LogP contribution in [0.15, 0.2) is 188 Å². The van der Waals surface area contributed by atoms with Crippen molar-refractivity contribution in [2.24, 2.45) is 0 Å². The van der Waals surface area contributed by atoms with Gasteiger partial charge in [-0.05, 0) is 97.4 Å². The average molecular weight is 663 g/mol. The summed E-state index contributed by atoms with van der Waals surface area (Å²) in [4.78, 5) is 0. The van der Waals surface area contributed by atoms with Gasteiger partial charge in [-0.25, -0.2) is 0 Å². The Kier molecular flexibility index (Phi) is 6.08. The van der Waals surface area contributed by atoms with Gasteiger partial charge in [0.15, 0.2) is 0 Å². The lowest BCUT2D eigenvalue weighted by atomic mass is 9.65. The molecule has 2 aliphatic carbocycles. The van der Waals surface area contributed by atoms with E-state index in [1.54, 1.807) is 0 Å². The summed E-state index contributed by atoms with van der Waals surface area (Å²) in [7, 11) is 0. The highest BCUT2D eigenvalue weighted by atomic mass is 16.5. The first-order chi connectivity index (χ1) is 25.7. The molecule has 1 atom stereocenters. The molecule has 1 heteroatoms. The number of benzene rings is 8. The molecular weight excluding hydrogens is 629 g/mol. The van der Waals surface area contributed by atoms with Crippen LogP contribution in [-0.4, -0.2) is 0 Å². The van der Waals surface area contributed by atoms with Crippen LogP contribution in [0.4, 0.5) is 0 Å². The summed E-state index contributed by atoms with van der Waals surface area (Å²) in [5.74, 6) is 1.81. The Morgan fingerprint density at radius 2 is 0.865 bits per heavy atom. The number of para-hydroxylation sites is 1. The van der Waals surface area contributed by atoms with Crippen molar-refractivity contribution < 1.29 is 4.74 Å². The van der Waals surface area contributed by atoms with E-state index in [0.717, 1.165) is 11.5 Å². The average Bonchev–Trinajstić information content (AvgIpc) is 3.66. The quantitative estimate of drug-likeness (QED) is 0.183. The van der Waals surface area contributed by atoms with E-state index in [9.17, 15) is 0 Å². The fraction of sp³-hybridized carbons (Fsp3) is 0.0588. The summed E-state index contributed by atoms with van der Waals surface area (Å²) in [6.07, 6.45) is 0. The Balaban J connectivity index is 1.16. The van der Waals surface area contributed by atoms with Crippen LogP contribution in [0.25, 0.3) is 44.5 Å². The summed E-state index contributed by atoms with van der Waals surface area (Å²) in [5.41, 5.74) is 18.3. The molecular formula is C51H34O. The van der Waals surface area contributed by atoms with Crippen LogP contribution < -0.4 is 4.74 Å². The third-order valence-corrected chi connectivity index (χ3v) is 12.1. The van der Waals surface area contributed by atoms with E-state index in [0.29, 0.717) is 0 Å². The minimum absolute atomic E-state index is 0.260. The van der Waals surface area contributed by atoms with E-state index in [-0.39, 0.29) is 5.41 Å². The largest absolute Gasteiger partial charge is 0.457 e. The summed E-state index contributed by atoms with van der Waals surface area (Å²) in [6.45, 7) is 2.39. The Bertz CT molecular complexity index is 2690. The van der Waals surface area contributed by atoms with Crippen LogP contribution in [0.1, 0.15) is 45.9 Å². The van der Waals surface area contributed by atoms with Gasteiger partial charge in [-0.3, -0.25) is 0 Å². The van der Waals surface area contributed by atoms with Crippen molar-refractivity contribution in [1.82, 2.24) is 0 Å². The second kappa shape index (κ2) is 10.8. The minimum atomic E-state index is -0.507. The van der Waals surface area contributed by atoms with Gasteiger partial charge < -0.3 is 4.74 Å². The minimum Gasteiger partial charge on any atom is -0.457 e. The Morgan fingerprint density at radius 3 is 1.60 bits per heavy atom. The van der Waals surface area contributed by atoms with Gasteiger partial charge in [-0.1, -0.05) is 170 Å². The highest BCUT2D eigenvalue weighted by Crippen LogP contribution is 2.62. The van der Waals surface area contributed by atoms with Crippen LogP contribution in [0.2, 0.25) is 0 Å². The zero-order valence-electron chi connectivity index (χ0n) is 28.8. The second-order valence-corrected chi connectivity index (χ2v) is 14.5. The molecule has 1 aliphatic heterocycles. The lowest BCUT2D eigenvalue weighted by molar-refractivity contribution is 0.436. The number of fused-ring (bicyclic) bond motifs is 12. The first-order valence-electron chi connectivity index (χ1n) is 18.2. The maximum absolute atomic E-state index is 6.76. The molecule has 8 aromatic carbocycles. The molecule has 3 aliphatic rings.